The van der Waals surface area contributed by atoms with Crippen LogP contribution in [0.2, 0.25) is 5.02 Å². The number of halogens is 1. The minimum Gasteiger partial charge on any atom is -0.506 e. The zero-order valence-electron chi connectivity index (χ0n) is 21.3. The van der Waals surface area contributed by atoms with Crippen LogP contribution in [0.3, 0.4) is 0 Å². The van der Waals surface area contributed by atoms with Gasteiger partial charge in [0.1, 0.15) is 11.5 Å². The molecule has 1 saturated heterocycles. The smallest absolute Gasteiger partial charge is 0.271 e. The largest absolute Gasteiger partial charge is 0.506 e. The Kier molecular flexibility index (Phi) is 7.65. The molecule has 0 atom stereocenters. The van der Waals surface area contributed by atoms with Crippen LogP contribution in [-0.4, -0.2) is 61.3 Å². The van der Waals surface area contributed by atoms with Crippen molar-refractivity contribution in [3.8, 4) is 11.5 Å². The summed E-state index contributed by atoms with van der Waals surface area (Å²) >= 11 is 5.89. The van der Waals surface area contributed by atoms with E-state index in [0.29, 0.717) is 31.7 Å². The number of phenolic OH excluding ortho intramolecular Hbond substituents is 1. The fraction of sp³-hybridized carbons (Fsp3) is 0.167. The van der Waals surface area contributed by atoms with Crippen LogP contribution < -0.4 is 15.1 Å². The molecule has 0 unspecified atom stereocenters. The Bertz CT molecular complexity index is 1560. The van der Waals surface area contributed by atoms with Gasteiger partial charge in [-0.1, -0.05) is 54.1 Å². The van der Waals surface area contributed by atoms with Gasteiger partial charge in [-0.15, -0.1) is 0 Å². The van der Waals surface area contributed by atoms with E-state index in [1.807, 2.05) is 59.5 Å². The number of aromatic hydroxyl groups is 1. The molecule has 0 saturated carbocycles. The fourth-order valence-electron chi connectivity index (χ4n) is 4.71. The maximum Gasteiger partial charge on any atom is 0.271 e. The lowest BCUT2D eigenvalue weighted by Gasteiger charge is -2.36. The monoisotopic (exact) mass is 542 g/mol. The molecule has 0 radical (unpaired) electrons. The number of nitrogens with zero attached hydrogens (tertiary/aromatic N) is 3. The van der Waals surface area contributed by atoms with Crippen molar-refractivity contribution < 1.29 is 19.4 Å². The first kappa shape index (κ1) is 26.1. The number of methoxy groups -OCH3 is 1. The molecular formula is C30H27ClN4O4. The summed E-state index contributed by atoms with van der Waals surface area (Å²) in [4.78, 5) is 30.1. The number of benzene rings is 4. The number of hydrogen-bond acceptors (Lipinski definition) is 6. The van der Waals surface area contributed by atoms with Gasteiger partial charge in [0.15, 0.2) is 0 Å². The predicted molar refractivity (Wildman–Crippen MR) is 153 cm³/mol. The van der Waals surface area contributed by atoms with Crippen LogP contribution in [0.25, 0.3) is 10.8 Å². The van der Waals surface area contributed by atoms with E-state index in [1.165, 1.54) is 18.2 Å². The van der Waals surface area contributed by atoms with E-state index in [-0.39, 0.29) is 22.2 Å². The van der Waals surface area contributed by atoms with Crippen molar-refractivity contribution in [3.05, 3.63) is 101 Å². The van der Waals surface area contributed by atoms with Crippen molar-refractivity contribution in [3.63, 3.8) is 0 Å². The highest BCUT2D eigenvalue weighted by molar-refractivity contribution is 6.32. The van der Waals surface area contributed by atoms with E-state index in [2.05, 4.69) is 15.4 Å². The molecule has 9 heteroatoms. The van der Waals surface area contributed by atoms with Crippen molar-refractivity contribution in [2.75, 3.05) is 38.2 Å². The summed E-state index contributed by atoms with van der Waals surface area (Å²) in [5.74, 6) is 0.239. The molecule has 8 nitrogen and oxygen atoms in total. The second-order valence-electron chi connectivity index (χ2n) is 9.06. The van der Waals surface area contributed by atoms with E-state index in [4.69, 9.17) is 16.3 Å². The van der Waals surface area contributed by atoms with Crippen LogP contribution in [-0.2, 0) is 0 Å². The molecule has 0 aromatic heterocycles. The Morgan fingerprint density at radius 1 is 0.949 bits per heavy atom. The number of nitrogens with one attached hydrogen (secondary N) is 1. The Morgan fingerprint density at radius 3 is 2.41 bits per heavy atom. The molecule has 0 bridgehead atoms. The van der Waals surface area contributed by atoms with Crippen LogP contribution >= 0.6 is 11.6 Å². The number of hydrazone groups is 1. The third-order valence-electron chi connectivity index (χ3n) is 6.76. The molecule has 2 N–H and O–H groups in total. The summed E-state index contributed by atoms with van der Waals surface area (Å²) in [6.45, 7) is 2.62. The zero-order chi connectivity index (χ0) is 27.4. The van der Waals surface area contributed by atoms with Crippen molar-refractivity contribution in [2.24, 2.45) is 5.10 Å². The summed E-state index contributed by atoms with van der Waals surface area (Å²) in [6, 6.07) is 23.4. The first-order valence-corrected chi connectivity index (χ1v) is 12.8. The molecule has 1 aliphatic heterocycles. The molecule has 4 aromatic carbocycles. The lowest BCUT2D eigenvalue weighted by Crippen LogP contribution is -2.48. The number of ether oxygens (including phenoxy) is 1. The van der Waals surface area contributed by atoms with Crippen LogP contribution in [0, 0.1) is 0 Å². The van der Waals surface area contributed by atoms with Crippen molar-refractivity contribution in [2.45, 2.75) is 0 Å². The number of carbonyl (C=O) groups is 2. The summed E-state index contributed by atoms with van der Waals surface area (Å²) in [7, 11) is 1.66. The number of rotatable bonds is 6. The molecule has 198 valence electrons. The lowest BCUT2D eigenvalue weighted by atomic mass is 9.99. The average Bonchev–Trinajstić information content (AvgIpc) is 2.98. The van der Waals surface area contributed by atoms with Gasteiger partial charge in [0.05, 0.1) is 24.0 Å². The molecule has 0 spiro atoms. The molecule has 39 heavy (non-hydrogen) atoms. The first-order valence-electron chi connectivity index (χ1n) is 12.5. The van der Waals surface area contributed by atoms with E-state index in [9.17, 15) is 14.7 Å². The number of fused-ring (bicyclic) bond motifs is 1. The van der Waals surface area contributed by atoms with Gasteiger partial charge in [0.25, 0.3) is 11.8 Å². The third-order valence-corrected chi connectivity index (χ3v) is 7.06. The number of para-hydroxylation sites is 2. The minimum atomic E-state index is -0.462. The second kappa shape index (κ2) is 11.4. The standard InChI is InChI=1S/C30H27ClN4O4/c1-39-28-9-5-4-8-26(28)34-14-16-35(17-15-34)30(38)24-12-10-21(22-6-2-3-7-23(22)24)19-32-33-29(37)20-11-13-27(36)25(31)18-20/h2-13,18-19,36H,14-17H2,1H3,(H,33,37). The summed E-state index contributed by atoms with van der Waals surface area (Å²) in [6.07, 6.45) is 1.54. The zero-order valence-corrected chi connectivity index (χ0v) is 22.1. The quantitative estimate of drug-likeness (QED) is 0.266. The molecule has 5 rings (SSSR count). The number of hydrogen-bond donors (Lipinski definition) is 2. The Balaban J connectivity index is 1.30. The van der Waals surface area contributed by atoms with Gasteiger partial charge in [-0.3, -0.25) is 9.59 Å². The summed E-state index contributed by atoms with van der Waals surface area (Å²) in [5, 5.41) is 15.4. The lowest BCUT2D eigenvalue weighted by molar-refractivity contribution is 0.0748. The molecule has 1 heterocycles. The average molecular weight is 543 g/mol. The Hall–Kier alpha value is -4.56. The summed E-state index contributed by atoms with van der Waals surface area (Å²) in [5.41, 5.74) is 5.15. The van der Waals surface area contributed by atoms with Gasteiger partial charge >= 0.3 is 0 Å². The van der Waals surface area contributed by atoms with Gasteiger partial charge in [-0.25, -0.2) is 5.43 Å². The number of phenols is 1. The Labute approximate surface area is 231 Å². The van der Waals surface area contributed by atoms with Crippen LogP contribution in [0.15, 0.2) is 84.0 Å². The van der Waals surface area contributed by atoms with Crippen molar-refractivity contribution in [1.29, 1.82) is 0 Å². The van der Waals surface area contributed by atoms with Crippen LogP contribution in [0.5, 0.6) is 11.5 Å². The van der Waals surface area contributed by atoms with E-state index in [0.717, 1.165) is 27.8 Å². The van der Waals surface area contributed by atoms with Gasteiger partial charge in [-0.05, 0) is 47.2 Å². The molecular weight excluding hydrogens is 516 g/mol. The number of amides is 2. The van der Waals surface area contributed by atoms with E-state index < -0.39 is 5.91 Å². The molecule has 4 aromatic rings. The number of carbonyl (C=O) groups excluding carboxylic acids is 2. The minimum absolute atomic E-state index is 0.0214. The van der Waals surface area contributed by atoms with Gasteiger partial charge in [0.2, 0.25) is 0 Å². The second-order valence-corrected chi connectivity index (χ2v) is 9.47. The SMILES string of the molecule is COc1ccccc1N1CCN(C(=O)c2ccc(C=NNC(=O)c3ccc(O)c(Cl)c3)c3ccccc23)CC1. The van der Waals surface area contributed by atoms with Gasteiger partial charge in [-0.2, -0.15) is 5.10 Å². The van der Waals surface area contributed by atoms with Crippen LogP contribution in [0.1, 0.15) is 26.3 Å². The van der Waals surface area contributed by atoms with E-state index >= 15 is 0 Å². The topological polar surface area (TPSA) is 94.5 Å². The van der Waals surface area contributed by atoms with Crippen molar-refractivity contribution in [1.82, 2.24) is 10.3 Å². The highest BCUT2D eigenvalue weighted by atomic mass is 35.5. The fourth-order valence-corrected chi connectivity index (χ4v) is 4.89. The predicted octanol–water partition coefficient (Wildman–Crippen LogP) is 4.93. The number of piperazine rings is 1. The highest BCUT2D eigenvalue weighted by Crippen LogP contribution is 2.29. The number of anilines is 1. The maximum absolute atomic E-state index is 13.6. The molecule has 1 fully saturated rings. The Morgan fingerprint density at radius 2 is 1.67 bits per heavy atom. The summed E-state index contributed by atoms with van der Waals surface area (Å²) < 4.78 is 5.50. The van der Waals surface area contributed by atoms with Crippen LogP contribution in [0.4, 0.5) is 5.69 Å². The molecule has 2 amide bonds. The first-order chi connectivity index (χ1) is 19.0. The van der Waals surface area contributed by atoms with Gasteiger partial charge < -0.3 is 19.6 Å². The third kappa shape index (κ3) is 5.51. The normalized spacial score (nSPS) is 13.6. The molecule has 1 aliphatic rings. The maximum atomic E-state index is 13.6. The van der Waals surface area contributed by atoms with Gasteiger partial charge in [0, 0.05) is 42.9 Å². The van der Waals surface area contributed by atoms with E-state index in [1.54, 1.807) is 19.4 Å². The molecule has 0 aliphatic carbocycles. The van der Waals surface area contributed by atoms with Crippen molar-refractivity contribution >= 4 is 46.1 Å². The highest BCUT2D eigenvalue weighted by Gasteiger charge is 2.25.